The molecule has 1 aliphatic carbocycles. The Labute approximate surface area is 392 Å². The minimum absolute atomic E-state index is 0.0325. The van der Waals surface area contributed by atoms with Crippen molar-refractivity contribution >= 4 is 78.7 Å². The number of rotatable bonds is 18. The minimum Gasteiger partial charge on any atom is -0.506 e. The van der Waals surface area contributed by atoms with Crippen LogP contribution in [0.2, 0.25) is 0 Å². The first-order valence-corrected chi connectivity index (χ1v) is 24.9. The Balaban J connectivity index is 1.14. The van der Waals surface area contributed by atoms with Crippen LogP contribution in [0.1, 0.15) is 116 Å². The average molecular weight is 980 g/mol. The van der Waals surface area contributed by atoms with Gasteiger partial charge in [-0.2, -0.15) is 21.4 Å². The van der Waals surface area contributed by atoms with Crippen LogP contribution in [0.5, 0.6) is 0 Å². The molecule has 2 fully saturated rings. The van der Waals surface area contributed by atoms with Crippen molar-refractivity contribution in [1.29, 1.82) is 0 Å². The van der Waals surface area contributed by atoms with Crippen LogP contribution >= 0.6 is 0 Å². The lowest BCUT2D eigenvalue weighted by Gasteiger charge is -2.29. The number of hydroxylamine groups is 4. The molecule has 22 heteroatoms. The number of benzene rings is 2. The van der Waals surface area contributed by atoms with Crippen molar-refractivity contribution in [3.05, 3.63) is 82.3 Å². The Morgan fingerprint density at radius 3 is 1.69 bits per heavy atom. The number of fused-ring (bicyclic) bond motifs is 2. The zero-order valence-corrected chi connectivity index (χ0v) is 39.4. The van der Waals surface area contributed by atoms with Crippen LogP contribution in [0, 0.1) is 0 Å². The van der Waals surface area contributed by atoms with Crippen LogP contribution in [-0.4, -0.2) is 106 Å². The normalized spacial score (nSPS) is 20.0. The van der Waals surface area contributed by atoms with Crippen molar-refractivity contribution in [1.82, 2.24) is 10.1 Å². The molecular weight excluding hydrogens is 929 g/mol. The van der Waals surface area contributed by atoms with Crippen LogP contribution in [0.4, 0.5) is 11.4 Å². The summed E-state index contributed by atoms with van der Waals surface area (Å²) in [6.45, 7) is 7.80. The highest BCUT2D eigenvalue weighted by Gasteiger charge is 2.48. The fraction of sp³-hybridized carbons (Fsp3) is 0.435. The maximum Gasteiger partial charge on any atom is 0.333 e. The predicted octanol–water partition coefficient (Wildman–Crippen LogP) is 4.89. The number of aliphatic hydroxyl groups is 1. The molecule has 3 N–H and O–H groups in total. The third-order valence-electron chi connectivity index (χ3n) is 12.8. The highest BCUT2D eigenvalue weighted by atomic mass is 32.2. The smallest absolute Gasteiger partial charge is 0.333 e. The molecule has 7 rings (SSSR count). The highest BCUT2D eigenvalue weighted by Crippen LogP contribution is 2.50. The molecule has 2 aromatic rings. The Kier molecular flexibility index (Phi) is 13.6. The number of carbonyl (C=O) groups is 7. The van der Waals surface area contributed by atoms with Crippen molar-refractivity contribution in [3.63, 3.8) is 0 Å². The van der Waals surface area contributed by atoms with Gasteiger partial charge in [-0.3, -0.25) is 33.1 Å². The first kappa shape index (κ1) is 49.5. The molecule has 2 saturated heterocycles. The summed E-state index contributed by atoms with van der Waals surface area (Å²) in [5.41, 5.74) is 1.18. The van der Waals surface area contributed by atoms with Gasteiger partial charge in [0.15, 0.2) is 5.71 Å². The van der Waals surface area contributed by atoms with Gasteiger partial charge in [0, 0.05) is 86.0 Å². The molecule has 0 atom stereocenters. The van der Waals surface area contributed by atoms with Gasteiger partial charge in [0.25, 0.3) is 43.9 Å². The Bertz CT molecular complexity index is 2900. The molecule has 0 aromatic heterocycles. The number of imide groups is 2. The van der Waals surface area contributed by atoms with Crippen LogP contribution < -0.4 is 4.90 Å². The van der Waals surface area contributed by atoms with Gasteiger partial charge in [-0.05, 0) is 81.5 Å². The topological polar surface area (TPSA) is 280 Å². The van der Waals surface area contributed by atoms with Gasteiger partial charge in [-0.25, -0.2) is 9.59 Å². The third-order valence-corrected chi connectivity index (χ3v) is 14.5. The molecule has 4 aliphatic heterocycles. The third kappa shape index (κ3) is 9.67. The van der Waals surface area contributed by atoms with E-state index in [4.69, 9.17) is 9.68 Å². The SMILES string of the molecule is CC1(C)C(/C=C2/C(=O)C(/C=C3/N(CCCCCC(=O)ON4C(=O)CCC4=O)c4ccc(S(=O)(=O)O)cc4C3(C)C)=C2O)=[N+](CCCCCC(=O)ON2C(=O)CCC2=O)c2ccc(S(=O)(=O)O)cc21. The lowest BCUT2D eigenvalue weighted by molar-refractivity contribution is -0.438. The first-order chi connectivity index (χ1) is 31.8. The summed E-state index contributed by atoms with van der Waals surface area (Å²) >= 11 is 0. The quantitative estimate of drug-likeness (QED) is 0.0589. The summed E-state index contributed by atoms with van der Waals surface area (Å²) in [7, 11) is -9.20. The molecule has 0 radical (unpaired) electrons. The minimum atomic E-state index is -4.60. The number of amides is 4. The average Bonchev–Trinajstić information content (AvgIpc) is 3.90. The van der Waals surface area contributed by atoms with Gasteiger partial charge in [-0.15, -0.1) is 10.1 Å². The van der Waals surface area contributed by atoms with E-state index in [0.29, 0.717) is 95.7 Å². The van der Waals surface area contributed by atoms with Gasteiger partial charge in [0.1, 0.15) is 12.3 Å². The van der Waals surface area contributed by atoms with E-state index in [0.717, 1.165) is 0 Å². The van der Waals surface area contributed by atoms with E-state index in [2.05, 4.69) is 0 Å². The van der Waals surface area contributed by atoms with E-state index >= 15 is 0 Å². The largest absolute Gasteiger partial charge is 0.506 e. The van der Waals surface area contributed by atoms with Crippen molar-refractivity contribution in [3.8, 4) is 0 Å². The summed E-state index contributed by atoms with van der Waals surface area (Å²) < 4.78 is 70.5. The van der Waals surface area contributed by atoms with E-state index in [1.807, 2.05) is 9.48 Å². The highest BCUT2D eigenvalue weighted by molar-refractivity contribution is 7.86. The van der Waals surface area contributed by atoms with Crippen molar-refractivity contribution in [2.75, 3.05) is 18.0 Å². The number of nitrogens with zero attached hydrogens (tertiary/aromatic N) is 4. The summed E-state index contributed by atoms with van der Waals surface area (Å²) in [6.07, 6.45) is 5.35. The molecule has 68 heavy (non-hydrogen) atoms. The van der Waals surface area contributed by atoms with Crippen LogP contribution in [0.3, 0.4) is 0 Å². The van der Waals surface area contributed by atoms with Crippen molar-refractivity contribution in [2.45, 2.75) is 125 Å². The van der Waals surface area contributed by atoms with Crippen LogP contribution in [0.15, 0.2) is 80.9 Å². The van der Waals surface area contributed by atoms with Gasteiger partial charge >= 0.3 is 11.9 Å². The number of anilines is 1. The Hall–Kier alpha value is -6.36. The van der Waals surface area contributed by atoms with E-state index in [9.17, 15) is 64.6 Å². The molecule has 2 aromatic carbocycles. The fourth-order valence-corrected chi connectivity index (χ4v) is 10.1. The van der Waals surface area contributed by atoms with Gasteiger partial charge in [-0.1, -0.05) is 20.3 Å². The zero-order valence-electron chi connectivity index (χ0n) is 37.8. The van der Waals surface area contributed by atoms with E-state index < -0.39 is 72.4 Å². The summed E-state index contributed by atoms with van der Waals surface area (Å²) in [4.78, 5) is 97.5. The molecule has 0 bridgehead atoms. The van der Waals surface area contributed by atoms with Gasteiger partial charge in [0.05, 0.1) is 26.4 Å². The Morgan fingerprint density at radius 2 is 1.18 bits per heavy atom. The molecule has 4 heterocycles. The number of ketones is 1. The summed E-state index contributed by atoms with van der Waals surface area (Å²) in [5.74, 6) is -4.70. The van der Waals surface area contributed by atoms with E-state index in [1.165, 1.54) is 48.6 Å². The summed E-state index contributed by atoms with van der Waals surface area (Å²) in [6, 6.07) is 8.27. The number of allylic oxidation sites excluding steroid dienone is 5. The molecule has 4 amide bonds. The fourth-order valence-electron chi connectivity index (χ4n) is 9.06. The van der Waals surface area contributed by atoms with Gasteiger partial charge < -0.3 is 19.7 Å². The van der Waals surface area contributed by atoms with Crippen LogP contribution in [0.25, 0.3) is 0 Å². The number of hydrogen-bond donors (Lipinski definition) is 3. The number of aliphatic hydroxyl groups excluding tert-OH is 1. The first-order valence-electron chi connectivity index (χ1n) is 22.0. The molecular formula is C46H51N4O16S2+. The van der Waals surface area contributed by atoms with E-state index in [1.54, 1.807) is 27.7 Å². The Morgan fingerprint density at radius 1 is 0.676 bits per heavy atom. The number of carbonyl (C=O) groups excluding carboxylic acids is 7. The monoisotopic (exact) mass is 979 g/mol. The second kappa shape index (κ2) is 18.6. The predicted molar refractivity (Wildman–Crippen MR) is 238 cm³/mol. The van der Waals surface area contributed by atoms with Crippen molar-refractivity contribution < 1.29 is 78.9 Å². The number of unbranched alkanes of at least 4 members (excludes halogenated alkanes) is 4. The molecule has 0 spiro atoms. The van der Waals surface area contributed by atoms with Gasteiger partial charge in [0.2, 0.25) is 11.5 Å². The number of hydrogen-bond acceptors (Lipinski definition) is 15. The molecule has 0 unspecified atom stereocenters. The molecule has 0 saturated carbocycles. The maximum atomic E-state index is 14.2. The maximum absolute atomic E-state index is 14.2. The second-order valence-electron chi connectivity index (χ2n) is 18.1. The standard InChI is InChI=1S/C46H50N4O16S2/c1-45(2)31-23-27(67(59,60)61)13-15-33(31)47(21-9-5-7-11-41(55)65-49-37(51)17-18-38(49)52)35(45)25-29-43(57)30(44(29)58)26-36-46(3,4)32-24-28(68(62,63)64)14-16-34(32)48(36)22-10-6-8-12-42(56)66-50-39(53)19-20-40(50)54/h13-16,23-26H,5-12,17-22H2,1-4H3,(H2-,57,58,59,60,61,62,63,64)/p+1. The molecule has 362 valence electrons. The van der Waals surface area contributed by atoms with Crippen LogP contribution in [-0.2, 0) is 74.3 Å². The lowest BCUT2D eigenvalue weighted by Crippen LogP contribution is -2.32. The van der Waals surface area contributed by atoms with E-state index in [-0.39, 0.29) is 65.2 Å². The summed E-state index contributed by atoms with van der Waals surface area (Å²) in [5, 5.41) is 12.6. The zero-order chi connectivity index (χ0) is 49.7. The molecule has 20 nitrogen and oxygen atoms in total. The second-order valence-corrected chi connectivity index (χ2v) is 21.0. The lowest BCUT2D eigenvalue weighted by atomic mass is 9.77. The number of Topliss-reactive ketones (excluding diaryl/α,β-unsaturated/α-hetero) is 1. The molecule has 5 aliphatic rings. The van der Waals surface area contributed by atoms with Crippen molar-refractivity contribution in [2.24, 2.45) is 0 Å².